The average molecular weight is 214 g/mol. The fourth-order valence-electron chi connectivity index (χ4n) is 1.33. The maximum absolute atomic E-state index is 12.5. The number of hydrogen-bond donors (Lipinski definition) is 0. The van der Waals surface area contributed by atoms with Crippen LogP contribution in [0.5, 0.6) is 0 Å². The standard InChI is InChI=1S/C9H5F3N2O/c10-9(11,12)14-7-2-1-5-13-6(7)3-4-8(14)15/h1-5H. The number of halogens is 3. The van der Waals surface area contributed by atoms with Crippen molar-refractivity contribution in [2.75, 3.05) is 0 Å². The monoisotopic (exact) mass is 214 g/mol. The van der Waals surface area contributed by atoms with Gasteiger partial charge in [-0.2, -0.15) is 0 Å². The first-order chi connectivity index (χ1) is 7.00. The van der Waals surface area contributed by atoms with Gasteiger partial charge in [-0.3, -0.25) is 9.78 Å². The van der Waals surface area contributed by atoms with Gasteiger partial charge in [0.1, 0.15) is 0 Å². The van der Waals surface area contributed by atoms with Crippen LogP contribution in [-0.2, 0) is 6.30 Å². The van der Waals surface area contributed by atoms with E-state index < -0.39 is 11.9 Å². The summed E-state index contributed by atoms with van der Waals surface area (Å²) in [5.74, 6) is 0. The predicted molar refractivity (Wildman–Crippen MR) is 47.3 cm³/mol. The molecule has 2 heterocycles. The number of alkyl halides is 3. The SMILES string of the molecule is O=c1ccc2ncccc2n1C(F)(F)F. The minimum absolute atomic E-state index is 0.134. The van der Waals surface area contributed by atoms with Gasteiger partial charge in [0.2, 0.25) is 0 Å². The molecular weight excluding hydrogens is 209 g/mol. The van der Waals surface area contributed by atoms with Gasteiger partial charge in [-0.1, -0.05) is 0 Å². The van der Waals surface area contributed by atoms with Crippen molar-refractivity contribution in [2.45, 2.75) is 6.30 Å². The quantitative estimate of drug-likeness (QED) is 0.671. The Bertz CT molecular complexity index is 559. The Kier molecular flexibility index (Phi) is 1.99. The third-order valence-corrected chi connectivity index (χ3v) is 1.91. The van der Waals surface area contributed by atoms with E-state index in [1.165, 1.54) is 24.4 Å². The van der Waals surface area contributed by atoms with E-state index in [-0.39, 0.29) is 15.6 Å². The second-order valence-electron chi connectivity index (χ2n) is 2.88. The lowest BCUT2D eigenvalue weighted by atomic mass is 10.3. The van der Waals surface area contributed by atoms with Crippen LogP contribution in [0, 0.1) is 0 Å². The molecule has 2 rings (SSSR count). The highest BCUT2D eigenvalue weighted by atomic mass is 19.4. The lowest BCUT2D eigenvalue weighted by molar-refractivity contribution is -0.203. The zero-order chi connectivity index (χ0) is 11.1. The summed E-state index contributed by atoms with van der Waals surface area (Å²) in [5, 5.41) is 0. The Balaban J connectivity index is 2.93. The zero-order valence-corrected chi connectivity index (χ0v) is 7.32. The van der Waals surface area contributed by atoms with Crippen LogP contribution in [0.25, 0.3) is 11.0 Å². The molecule has 0 aliphatic rings. The third-order valence-electron chi connectivity index (χ3n) is 1.91. The maximum atomic E-state index is 12.5. The van der Waals surface area contributed by atoms with Crippen molar-refractivity contribution in [2.24, 2.45) is 0 Å². The minimum Gasteiger partial charge on any atom is -0.269 e. The first-order valence-electron chi connectivity index (χ1n) is 4.04. The van der Waals surface area contributed by atoms with E-state index in [2.05, 4.69) is 4.98 Å². The molecule has 0 amide bonds. The topological polar surface area (TPSA) is 34.9 Å². The molecule has 0 aliphatic carbocycles. The molecule has 0 aromatic carbocycles. The molecule has 3 nitrogen and oxygen atoms in total. The van der Waals surface area contributed by atoms with Crippen molar-refractivity contribution >= 4 is 11.0 Å². The molecule has 78 valence electrons. The van der Waals surface area contributed by atoms with E-state index in [4.69, 9.17) is 0 Å². The predicted octanol–water partition coefficient (Wildman–Crippen LogP) is 1.87. The van der Waals surface area contributed by atoms with Gasteiger partial charge in [-0.05, 0) is 18.2 Å². The fourth-order valence-corrected chi connectivity index (χ4v) is 1.33. The van der Waals surface area contributed by atoms with Gasteiger partial charge < -0.3 is 0 Å². The Morgan fingerprint density at radius 3 is 2.60 bits per heavy atom. The minimum atomic E-state index is -4.72. The molecule has 0 aliphatic heterocycles. The van der Waals surface area contributed by atoms with Crippen LogP contribution in [0.2, 0.25) is 0 Å². The summed E-state index contributed by atoms with van der Waals surface area (Å²) in [4.78, 5) is 14.8. The summed E-state index contributed by atoms with van der Waals surface area (Å²) in [6, 6.07) is 4.67. The van der Waals surface area contributed by atoms with Gasteiger partial charge >= 0.3 is 6.30 Å². The number of pyridine rings is 2. The first-order valence-corrected chi connectivity index (χ1v) is 4.04. The summed E-state index contributed by atoms with van der Waals surface area (Å²) in [6.45, 7) is 0. The highest BCUT2D eigenvalue weighted by Gasteiger charge is 2.33. The molecule has 0 N–H and O–H groups in total. The molecule has 0 fully saturated rings. The van der Waals surface area contributed by atoms with Crippen LogP contribution < -0.4 is 5.56 Å². The van der Waals surface area contributed by atoms with Crippen LogP contribution in [0.3, 0.4) is 0 Å². The molecule has 0 bridgehead atoms. The Labute approximate surface area is 81.8 Å². The van der Waals surface area contributed by atoms with Gasteiger partial charge in [0.15, 0.2) is 0 Å². The molecule has 2 aromatic heterocycles. The van der Waals surface area contributed by atoms with E-state index in [1.807, 2.05) is 0 Å². The fraction of sp³-hybridized carbons (Fsp3) is 0.111. The number of fused-ring (bicyclic) bond motifs is 1. The highest BCUT2D eigenvalue weighted by Crippen LogP contribution is 2.23. The van der Waals surface area contributed by atoms with E-state index in [0.29, 0.717) is 0 Å². The second-order valence-corrected chi connectivity index (χ2v) is 2.88. The van der Waals surface area contributed by atoms with Gasteiger partial charge in [0.05, 0.1) is 11.0 Å². The molecule has 0 atom stereocenters. The van der Waals surface area contributed by atoms with Crippen LogP contribution in [0.4, 0.5) is 13.2 Å². The lowest BCUT2D eigenvalue weighted by Gasteiger charge is -2.11. The van der Waals surface area contributed by atoms with Crippen molar-refractivity contribution in [3.63, 3.8) is 0 Å². The van der Waals surface area contributed by atoms with Crippen molar-refractivity contribution < 1.29 is 13.2 Å². The summed E-state index contributed by atoms with van der Waals surface area (Å²) in [5.41, 5.74) is -1.21. The normalized spacial score (nSPS) is 11.9. The van der Waals surface area contributed by atoms with Gasteiger partial charge in [-0.25, -0.2) is 4.57 Å². The van der Waals surface area contributed by atoms with Gasteiger partial charge in [-0.15, -0.1) is 13.2 Å². The van der Waals surface area contributed by atoms with Crippen LogP contribution >= 0.6 is 0 Å². The maximum Gasteiger partial charge on any atom is 0.491 e. The zero-order valence-electron chi connectivity index (χ0n) is 7.32. The van der Waals surface area contributed by atoms with Crippen molar-refractivity contribution in [3.8, 4) is 0 Å². The van der Waals surface area contributed by atoms with Crippen LogP contribution in [0.1, 0.15) is 0 Å². The first kappa shape index (κ1) is 9.70. The second kappa shape index (κ2) is 3.08. The van der Waals surface area contributed by atoms with Crippen LogP contribution in [0.15, 0.2) is 35.3 Å². The van der Waals surface area contributed by atoms with Crippen molar-refractivity contribution in [3.05, 3.63) is 40.8 Å². The Hall–Kier alpha value is -1.85. The number of rotatable bonds is 0. The lowest BCUT2D eigenvalue weighted by Crippen LogP contribution is -2.30. The average Bonchev–Trinajstić information content (AvgIpc) is 2.15. The molecule has 0 saturated heterocycles. The molecule has 0 unspecified atom stereocenters. The molecule has 0 saturated carbocycles. The third kappa shape index (κ3) is 1.58. The summed E-state index contributed by atoms with van der Waals surface area (Å²) in [7, 11) is 0. The van der Waals surface area contributed by atoms with Crippen molar-refractivity contribution in [1.29, 1.82) is 0 Å². The Morgan fingerprint density at radius 1 is 1.20 bits per heavy atom. The molecule has 0 radical (unpaired) electrons. The molecule has 0 spiro atoms. The smallest absolute Gasteiger partial charge is 0.269 e. The molecule has 6 heteroatoms. The summed E-state index contributed by atoms with van der Waals surface area (Å²) in [6.07, 6.45) is -3.35. The Morgan fingerprint density at radius 2 is 1.93 bits per heavy atom. The van der Waals surface area contributed by atoms with E-state index >= 15 is 0 Å². The number of aromatic nitrogens is 2. The number of hydrogen-bond acceptors (Lipinski definition) is 2. The van der Waals surface area contributed by atoms with Crippen LogP contribution in [-0.4, -0.2) is 9.55 Å². The van der Waals surface area contributed by atoms with Gasteiger partial charge in [0, 0.05) is 12.3 Å². The molecule has 2 aromatic rings. The highest BCUT2D eigenvalue weighted by molar-refractivity contribution is 5.74. The van der Waals surface area contributed by atoms with Crippen molar-refractivity contribution in [1.82, 2.24) is 9.55 Å². The molecular formula is C9H5F3N2O. The summed E-state index contributed by atoms with van der Waals surface area (Å²) >= 11 is 0. The van der Waals surface area contributed by atoms with E-state index in [1.54, 1.807) is 0 Å². The largest absolute Gasteiger partial charge is 0.491 e. The van der Waals surface area contributed by atoms with E-state index in [9.17, 15) is 18.0 Å². The number of nitrogens with zero attached hydrogens (tertiary/aromatic N) is 2. The summed E-state index contributed by atoms with van der Waals surface area (Å²) < 4.78 is 37.3. The van der Waals surface area contributed by atoms with Gasteiger partial charge in [0.25, 0.3) is 5.56 Å². The van der Waals surface area contributed by atoms with E-state index in [0.717, 1.165) is 6.07 Å². The molecule has 15 heavy (non-hydrogen) atoms.